The molecule has 1 fully saturated rings. The van der Waals surface area contributed by atoms with Gasteiger partial charge in [0.1, 0.15) is 6.10 Å². The van der Waals surface area contributed by atoms with Gasteiger partial charge in [0, 0.05) is 5.30 Å². The highest BCUT2D eigenvalue weighted by atomic mass is 31.0. The van der Waals surface area contributed by atoms with Crippen LogP contribution in [-0.2, 0) is 9.47 Å². The summed E-state index contributed by atoms with van der Waals surface area (Å²) >= 11 is 0. The topological polar surface area (TPSA) is 18.5 Å². The van der Waals surface area contributed by atoms with E-state index < -0.39 is 0 Å². The molecule has 1 aliphatic heterocycles. The maximum absolute atomic E-state index is 6.04. The summed E-state index contributed by atoms with van der Waals surface area (Å²) in [6.07, 6.45) is -0.0792. The molecular formula is C15H17O2P. The van der Waals surface area contributed by atoms with Crippen LogP contribution in [0.15, 0.2) is 36.1 Å². The van der Waals surface area contributed by atoms with E-state index in [1.54, 1.807) is 0 Å². The fourth-order valence-corrected chi connectivity index (χ4v) is 3.55. The van der Waals surface area contributed by atoms with Crippen molar-refractivity contribution in [3.8, 4) is 0 Å². The maximum atomic E-state index is 6.04. The zero-order valence-electron chi connectivity index (χ0n) is 10.6. The van der Waals surface area contributed by atoms with E-state index >= 15 is 0 Å². The van der Waals surface area contributed by atoms with E-state index in [9.17, 15) is 0 Å². The van der Waals surface area contributed by atoms with Gasteiger partial charge in [0.15, 0.2) is 6.29 Å². The summed E-state index contributed by atoms with van der Waals surface area (Å²) in [5.74, 6) is 2.27. The SMILES string of the molecule is Cc1c[pH]c([C@H]2OC[C@H](c3ccccc3)O2)c1C. The van der Waals surface area contributed by atoms with E-state index in [1.807, 2.05) is 18.2 Å². The van der Waals surface area contributed by atoms with Gasteiger partial charge in [-0.15, -0.1) is 8.19 Å². The zero-order valence-corrected chi connectivity index (χ0v) is 11.6. The van der Waals surface area contributed by atoms with Crippen molar-refractivity contribution >= 4 is 8.19 Å². The van der Waals surface area contributed by atoms with Crippen molar-refractivity contribution in [2.45, 2.75) is 26.2 Å². The first-order chi connectivity index (χ1) is 8.75. The third-order valence-electron chi connectivity index (χ3n) is 3.53. The van der Waals surface area contributed by atoms with Crippen LogP contribution in [0, 0.1) is 13.8 Å². The lowest BCUT2D eigenvalue weighted by Crippen LogP contribution is -2.00. The van der Waals surface area contributed by atoms with Crippen LogP contribution in [0.25, 0.3) is 0 Å². The van der Waals surface area contributed by atoms with Crippen LogP contribution in [0.1, 0.15) is 34.4 Å². The summed E-state index contributed by atoms with van der Waals surface area (Å²) in [6, 6.07) is 10.3. The molecule has 2 nitrogen and oxygen atoms in total. The molecule has 0 aliphatic carbocycles. The van der Waals surface area contributed by atoms with Crippen molar-refractivity contribution in [2.24, 2.45) is 0 Å². The predicted molar refractivity (Wildman–Crippen MR) is 74.4 cm³/mol. The van der Waals surface area contributed by atoms with Crippen molar-refractivity contribution in [1.82, 2.24) is 0 Å². The van der Waals surface area contributed by atoms with Gasteiger partial charge in [-0.2, -0.15) is 0 Å². The van der Waals surface area contributed by atoms with Gasteiger partial charge < -0.3 is 9.47 Å². The van der Waals surface area contributed by atoms with E-state index in [-0.39, 0.29) is 12.4 Å². The molecule has 18 heavy (non-hydrogen) atoms. The average molecular weight is 260 g/mol. The molecule has 2 aromatic rings. The highest BCUT2D eigenvalue weighted by Crippen LogP contribution is 2.41. The first-order valence-electron chi connectivity index (χ1n) is 6.22. The Morgan fingerprint density at radius 1 is 1.17 bits per heavy atom. The quantitative estimate of drug-likeness (QED) is 0.808. The van der Waals surface area contributed by atoms with Crippen LogP contribution in [0.5, 0.6) is 0 Å². The summed E-state index contributed by atoms with van der Waals surface area (Å²) in [5.41, 5.74) is 3.90. The van der Waals surface area contributed by atoms with Gasteiger partial charge in [0.25, 0.3) is 0 Å². The van der Waals surface area contributed by atoms with Crippen LogP contribution in [0.3, 0.4) is 0 Å². The Morgan fingerprint density at radius 2 is 1.94 bits per heavy atom. The molecule has 94 valence electrons. The zero-order chi connectivity index (χ0) is 12.5. The third-order valence-corrected chi connectivity index (χ3v) is 5.03. The fraction of sp³-hybridized carbons (Fsp3) is 0.333. The first kappa shape index (κ1) is 12.0. The summed E-state index contributed by atoms with van der Waals surface area (Å²) < 4.78 is 11.9. The number of hydrogen-bond acceptors (Lipinski definition) is 2. The molecule has 3 rings (SSSR count). The molecule has 0 N–H and O–H groups in total. The number of hydrogen-bond donors (Lipinski definition) is 0. The van der Waals surface area contributed by atoms with E-state index in [0.717, 1.165) is 0 Å². The molecule has 3 heteroatoms. The minimum absolute atomic E-state index is 0.0715. The summed E-state index contributed by atoms with van der Waals surface area (Å²) in [7, 11) is 0.709. The minimum Gasteiger partial charge on any atom is -0.345 e. The standard InChI is InChI=1S/C15H17O2P/c1-10-9-18-14(11(10)2)15-16-8-13(17-15)12-6-4-3-5-7-12/h3-7,9,13,15,18H,8H2,1-2H3/t13-,15+/m1/s1. The van der Waals surface area contributed by atoms with Crippen molar-refractivity contribution < 1.29 is 9.47 Å². The van der Waals surface area contributed by atoms with Crippen LogP contribution in [-0.4, -0.2) is 6.61 Å². The summed E-state index contributed by atoms with van der Waals surface area (Å²) in [4.78, 5) is 0. The first-order valence-corrected chi connectivity index (χ1v) is 7.30. The third kappa shape index (κ3) is 2.12. The Hall–Kier alpha value is -1.08. The molecule has 1 unspecified atom stereocenters. The molecular weight excluding hydrogens is 243 g/mol. The Bertz CT molecular complexity index is 533. The molecule has 0 bridgehead atoms. The highest BCUT2D eigenvalue weighted by molar-refractivity contribution is 7.30. The van der Waals surface area contributed by atoms with Crippen LogP contribution >= 0.6 is 8.19 Å². The van der Waals surface area contributed by atoms with Crippen LogP contribution in [0.2, 0.25) is 0 Å². The predicted octanol–water partition coefficient (Wildman–Crippen LogP) is 4.12. The van der Waals surface area contributed by atoms with E-state index in [0.29, 0.717) is 14.8 Å². The van der Waals surface area contributed by atoms with Crippen LogP contribution in [0.4, 0.5) is 0 Å². The largest absolute Gasteiger partial charge is 0.345 e. The monoisotopic (exact) mass is 260 g/mol. The molecule has 1 aromatic carbocycles. The van der Waals surface area contributed by atoms with Gasteiger partial charge in [-0.3, -0.25) is 0 Å². The summed E-state index contributed by atoms with van der Waals surface area (Å²) in [6.45, 7) is 4.96. The second kappa shape index (κ2) is 4.89. The molecule has 1 saturated heterocycles. The number of aryl methyl sites for hydroxylation is 1. The molecule has 0 amide bonds. The Kier molecular flexibility index (Phi) is 3.25. The van der Waals surface area contributed by atoms with Gasteiger partial charge in [-0.25, -0.2) is 0 Å². The number of ether oxygens (including phenoxy) is 2. The van der Waals surface area contributed by atoms with Crippen molar-refractivity contribution in [2.75, 3.05) is 6.61 Å². The molecule has 0 radical (unpaired) electrons. The molecule has 1 aromatic heterocycles. The van der Waals surface area contributed by atoms with Crippen molar-refractivity contribution in [1.29, 1.82) is 0 Å². The van der Waals surface area contributed by atoms with E-state index in [1.165, 1.54) is 22.0 Å². The summed E-state index contributed by atoms with van der Waals surface area (Å²) in [5, 5.41) is 1.31. The minimum atomic E-state index is -0.151. The Morgan fingerprint density at radius 3 is 2.61 bits per heavy atom. The van der Waals surface area contributed by atoms with Gasteiger partial charge in [-0.1, -0.05) is 30.3 Å². The maximum Gasteiger partial charge on any atom is 0.188 e. The molecule has 3 atom stereocenters. The van der Waals surface area contributed by atoms with Gasteiger partial charge >= 0.3 is 0 Å². The lowest BCUT2D eigenvalue weighted by molar-refractivity contribution is -0.0584. The molecule has 0 spiro atoms. The normalized spacial score (nSPS) is 23.9. The van der Waals surface area contributed by atoms with Crippen molar-refractivity contribution in [3.05, 3.63) is 58.1 Å². The number of benzene rings is 1. The van der Waals surface area contributed by atoms with Crippen LogP contribution < -0.4 is 0 Å². The molecule has 2 heterocycles. The lowest BCUT2D eigenvalue weighted by Gasteiger charge is -2.12. The van der Waals surface area contributed by atoms with Gasteiger partial charge in [-0.05, 0) is 36.3 Å². The smallest absolute Gasteiger partial charge is 0.188 e. The fourth-order valence-electron chi connectivity index (χ4n) is 2.26. The van der Waals surface area contributed by atoms with Gasteiger partial charge in [0.2, 0.25) is 0 Å². The Balaban J connectivity index is 1.78. The van der Waals surface area contributed by atoms with Gasteiger partial charge in [0.05, 0.1) is 6.61 Å². The Labute approximate surface area is 109 Å². The lowest BCUT2D eigenvalue weighted by atomic mass is 10.1. The number of rotatable bonds is 2. The van der Waals surface area contributed by atoms with E-state index in [2.05, 4.69) is 31.8 Å². The second-order valence-corrected chi connectivity index (χ2v) is 5.83. The molecule has 1 aliphatic rings. The van der Waals surface area contributed by atoms with E-state index in [4.69, 9.17) is 9.47 Å². The average Bonchev–Trinajstić information content (AvgIpc) is 3.00. The molecule has 0 saturated carbocycles. The van der Waals surface area contributed by atoms with Crippen molar-refractivity contribution in [3.63, 3.8) is 0 Å². The second-order valence-electron chi connectivity index (χ2n) is 4.71. The highest BCUT2D eigenvalue weighted by Gasteiger charge is 2.29.